The number of hydrogen-bond acceptors (Lipinski definition) is 4. The van der Waals surface area contributed by atoms with Gasteiger partial charge in [-0.2, -0.15) is 0 Å². The first-order chi connectivity index (χ1) is 10.2. The van der Waals surface area contributed by atoms with Crippen molar-refractivity contribution in [1.82, 2.24) is 0 Å². The van der Waals surface area contributed by atoms with E-state index in [0.717, 1.165) is 12.2 Å². The minimum absolute atomic E-state index is 0.302. The maximum Gasteiger partial charge on any atom is 0.335 e. The number of carboxylic acids is 1. The van der Waals surface area contributed by atoms with E-state index in [2.05, 4.69) is 34.3 Å². The lowest BCUT2D eigenvalue weighted by atomic mass is 10.2. The van der Waals surface area contributed by atoms with Crippen LogP contribution in [0.1, 0.15) is 15.2 Å². The number of hydrogen-bond donors (Lipinski definition) is 2. The molecular weight excluding hydrogens is 302 g/mol. The van der Waals surface area contributed by atoms with Crippen LogP contribution in [-0.4, -0.2) is 11.1 Å². The van der Waals surface area contributed by atoms with Gasteiger partial charge < -0.3 is 10.4 Å². The summed E-state index contributed by atoms with van der Waals surface area (Å²) in [6.07, 6.45) is 0. The van der Waals surface area contributed by atoms with Crippen molar-refractivity contribution in [2.24, 2.45) is 0 Å². The topological polar surface area (TPSA) is 49.3 Å². The molecule has 21 heavy (non-hydrogen) atoms. The predicted octanol–water partition coefficient (Wildman–Crippen LogP) is 4.79. The van der Waals surface area contributed by atoms with E-state index in [9.17, 15) is 4.79 Å². The Kier molecular flexibility index (Phi) is 4.03. The molecule has 2 aromatic heterocycles. The quantitative estimate of drug-likeness (QED) is 0.712. The molecule has 0 aliphatic heterocycles. The van der Waals surface area contributed by atoms with Gasteiger partial charge in [-0.15, -0.1) is 22.7 Å². The Bertz CT molecular complexity index is 730. The van der Waals surface area contributed by atoms with Crippen LogP contribution in [0.3, 0.4) is 0 Å². The third-order valence-corrected chi connectivity index (χ3v) is 4.91. The van der Waals surface area contributed by atoms with Crippen LogP contribution in [0.5, 0.6) is 0 Å². The molecule has 5 heteroatoms. The normalized spacial score (nSPS) is 10.5. The minimum Gasteiger partial charge on any atom is -0.478 e. The summed E-state index contributed by atoms with van der Waals surface area (Å²) in [5.41, 5.74) is 2.48. The summed E-state index contributed by atoms with van der Waals surface area (Å²) in [5, 5.41) is 16.4. The predicted molar refractivity (Wildman–Crippen MR) is 88.4 cm³/mol. The highest BCUT2D eigenvalue weighted by Gasteiger charge is 2.04. The van der Waals surface area contributed by atoms with Crippen molar-refractivity contribution in [2.75, 3.05) is 5.32 Å². The van der Waals surface area contributed by atoms with Crippen molar-refractivity contribution in [1.29, 1.82) is 0 Å². The fourth-order valence-electron chi connectivity index (χ4n) is 1.97. The second-order valence-corrected chi connectivity index (χ2v) is 6.46. The Hall–Kier alpha value is -2.11. The molecule has 0 radical (unpaired) electrons. The lowest BCUT2D eigenvalue weighted by Gasteiger charge is -2.04. The summed E-state index contributed by atoms with van der Waals surface area (Å²) in [6, 6.07) is 13.2. The molecule has 0 fully saturated rings. The van der Waals surface area contributed by atoms with E-state index in [0.29, 0.717) is 5.56 Å². The molecule has 0 spiro atoms. The van der Waals surface area contributed by atoms with E-state index >= 15 is 0 Å². The molecule has 3 nitrogen and oxygen atoms in total. The largest absolute Gasteiger partial charge is 0.478 e. The molecule has 3 aromatic rings. The van der Waals surface area contributed by atoms with Crippen molar-refractivity contribution >= 4 is 34.3 Å². The van der Waals surface area contributed by atoms with E-state index < -0.39 is 5.97 Å². The molecule has 0 unspecified atom stereocenters. The second kappa shape index (κ2) is 6.11. The Morgan fingerprint density at radius 1 is 1.14 bits per heavy atom. The summed E-state index contributed by atoms with van der Waals surface area (Å²) >= 11 is 3.46. The molecule has 0 bridgehead atoms. The molecule has 2 heterocycles. The Balaban J connectivity index is 1.64. The van der Waals surface area contributed by atoms with Crippen LogP contribution in [0, 0.1) is 0 Å². The van der Waals surface area contributed by atoms with Gasteiger partial charge in [-0.3, -0.25) is 0 Å². The molecule has 0 aliphatic carbocycles. The highest BCUT2D eigenvalue weighted by Crippen LogP contribution is 2.29. The number of aromatic carboxylic acids is 1. The number of nitrogens with one attached hydrogen (secondary N) is 1. The van der Waals surface area contributed by atoms with Crippen molar-refractivity contribution in [3.05, 3.63) is 63.7 Å². The fraction of sp³-hybridized carbons (Fsp3) is 0.0625. The third-order valence-electron chi connectivity index (χ3n) is 3.06. The first-order valence-electron chi connectivity index (χ1n) is 6.41. The van der Waals surface area contributed by atoms with Gasteiger partial charge in [0.25, 0.3) is 0 Å². The highest BCUT2D eigenvalue weighted by atomic mass is 32.1. The van der Waals surface area contributed by atoms with Gasteiger partial charge >= 0.3 is 5.97 Å². The van der Waals surface area contributed by atoms with E-state index in [-0.39, 0.29) is 0 Å². The molecule has 0 aliphatic rings. The minimum atomic E-state index is -0.902. The molecule has 3 rings (SSSR count). The SMILES string of the molecule is O=C(O)c1ccc(NCc2cc(-c3cccs3)cs2)cc1. The van der Waals surface area contributed by atoms with Crippen LogP contribution in [0.15, 0.2) is 53.2 Å². The lowest BCUT2D eigenvalue weighted by Crippen LogP contribution is -1.99. The van der Waals surface area contributed by atoms with E-state index in [1.54, 1.807) is 46.9 Å². The monoisotopic (exact) mass is 315 g/mol. The number of rotatable bonds is 5. The van der Waals surface area contributed by atoms with Crippen LogP contribution in [0.4, 0.5) is 5.69 Å². The maximum absolute atomic E-state index is 10.8. The molecule has 1 aromatic carbocycles. The van der Waals surface area contributed by atoms with Crippen molar-refractivity contribution < 1.29 is 9.90 Å². The highest BCUT2D eigenvalue weighted by molar-refractivity contribution is 7.14. The standard InChI is InChI=1S/C16H13NO2S2/c18-16(19)11-3-5-13(6-4-11)17-9-14-8-12(10-21-14)15-2-1-7-20-15/h1-8,10,17H,9H2,(H,18,19). The number of anilines is 1. The van der Waals surface area contributed by atoms with E-state index in [1.165, 1.54) is 15.3 Å². The van der Waals surface area contributed by atoms with Gasteiger partial charge in [-0.1, -0.05) is 6.07 Å². The smallest absolute Gasteiger partial charge is 0.335 e. The van der Waals surface area contributed by atoms with Crippen LogP contribution in [0.25, 0.3) is 10.4 Å². The number of thiophene rings is 2. The summed E-state index contributed by atoms with van der Waals surface area (Å²) in [6.45, 7) is 0.739. The summed E-state index contributed by atoms with van der Waals surface area (Å²) in [4.78, 5) is 13.3. The fourth-order valence-corrected chi connectivity index (χ4v) is 3.58. The third kappa shape index (κ3) is 3.32. The van der Waals surface area contributed by atoms with Gasteiger partial charge in [0, 0.05) is 27.5 Å². The Morgan fingerprint density at radius 3 is 2.62 bits per heavy atom. The first kappa shape index (κ1) is 13.9. The Morgan fingerprint density at radius 2 is 1.95 bits per heavy atom. The molecule has 2 N–H and O–H groups in total. The van der Waals surface area contributed by atoms with Crippen LogP contribution in [-0.2, 0) is 6.54 Å². The molecular formula is C16H13NO2S2. The number of carboxylic acid groups (broad SMARTS) is 1. The average molecular weight is 315 g/mol. The van der Waals surface area contributed by atoms with Gasteiger partial charge in [0.05, 0.1) is 5.56 Å². The molecule has 0 atom stereocenters. The second-order valence-electron chi connectivity index (χ2n) is 4.52. The number of carbonyl (C=O) groups is 1. The van der Waals surface area contributed by atoms with Crippen molar-refractivity contribution in [2.45, 2.75) is 6.54 Å². The summed E-state index contributed by atoms with van der Waals surface area (Å²) in [5.74, 6) is -0.902. The Labute approximate surface area is 130 Å². The zero-order valence-corrected chi connectivity index (χ0v) is 12.7. The van der Waals surface area contributed by atoms with Crippen LogP contribution in [0.2, 0.25) is 0 Å². The molecule has 0 saturated carbocycles. The molecule has 106 valence electrons. The van der Waals surface area contributed by atoms with Crippen LogP contribution >= 0.6 is 22.7 Å². The molecule has 0 saturated heterocycles. The maximum atomic E-state index is 10.8. The zero-order chi connectivity index (χ0) is 14.7. The van der Waals surface area contributed by atoms with E-state index in [4.69, 9.17) is 5.11 Å². The zero-order valence-electron chi connectivity index (χ0n) is 11.1. The first-order valence-corrected chi connectivity index (χ1v) is 8.17. The van der Waals surface area contributed by atoms with Crippen LogP contribution < -0.4 is 5.32 Å². The van der Waals surface area contributed by atoms with Gasteiger partial charge in [0.2, 0.25) is 0 Å². The summed E-state index contributed by atoms with van der Waals surface area (Å²) in [7, 11) is 0. The van der Waals surface area contributed by atoms with Gasteiger partial charge in [0.15, 0.2) is 0 Å². The van der Waals surface area contributed by atoms with Crippen molar-refractivity contribution in [3.8, 4) is 10.4 Å². The average Bonchev–Trinajstić information content (AvgIpc) is 3.16. The van der Waals surface area contributed by atoms with Gasteiger partial charge in [0.1, 0.15) is 0 Å². The summed E-state index contributed by atoms with van der Waals surface area (Å²) < 4.78 is 0. The lowest BCUT2D eigenvalue weighted by molar-refractivity contribution is 0.0697. The van der Waals surface area contributed by atoms with Gasteiger partial charge in [-0.05, 0) is 47.2 Å². The van der Waals surface area contributed by atoms with E-state index in [1.807, 2.05) is 0 Å². The van der Waals surface area contributed by atoms with Gasteiger partial charge in [-0.25, -0.2) is 4.79 Å². The van der Waals surface area contributed by atoms with Crippen molar-refractivity contribution in [3.63, 3.8) is 0 Å². The molecule has 0 amide bonds. The number of benzene rings is 1.